The molecule has 3 aromatic rings. The van der Waals surface area contributed by atoms with Gasteiger partial charge in [-0.3, -0.25) is 0 Å². The van der Waals surface area contributed by atoms with Crippen LogP contribution in [0.5, 0.6) is 11.5 Å². The first-order chi connectivity index (χ1) is 17.5. The fraction of sp³-hybridized carbons (Fsp3) is 0.290. The molecule has 1 atom stereocenters. The maximum Gasteiger partial charge on any atom is 0.166 e. The van der Waals surface area contributed by atoms with Crippen LogP contribution in [-0.4, -0.2) is 13.2 Å². The lowest BCUT2D eigenvalue weighted by atomic mass is 9.83. The minimum atomic E-state index is -0.821. The minimum absolute atomic E-state index is 0.243. The molecular weight excluding hydrogens is 461 g/mol. The van der Waals surface area contributed by atoms with Crippen LogP contribution in [0.3, 0.4) is 0 Å². The molecule has 0 radical (unpaired) electrons. The first kappa shape index (κ1) is 25.6. The van der Waals surface area contributed by atoms with Crippen molar-refractivity contribution in [1.82, 2.24) is 0 Å². The Labute approximate surface area is 211 Å². The molecule has 2 nitrogen and oxygen atoms in total. The van der Waals surface area contributed by atoms with Crippen molar-refractivity contribution in [3.63, 3.8) is 0 Å². The van der Waals surface area contributed by atoms with Crippen molar-refractivity contribution in [3.05, 3.63) is 102 Å². The first-order valence-corrected chi connectivity index (χ1v) is 12.4. The van der Waals surface area contributed by atoms with Crippen LogP contribution in [0, 0.1) is 23.4 Å². The van der Waals surface area contributed by atoms with Crippen molar-refractivity contribution in [2.24, 2.45) is 5.92 Å². The van der Waals surface area contributed by atoms with Gasteiger partial charge in [-0.15, -0.1) is 0 Å². The van der Waals surface area contributed by atoms with Crippen LogP contribution in [0.2, 0.25) is 0 Å². The molecule has 4 rings (SSSR count). The van der Waals surface area contributed by atoms with Crippen LogP contribution in [-0.2, 0) is 6.42 Å². The Morgan fingerprint density at radius 1 is 0.917 bits per heavy atom. The van der Waals surface area contributed by atoms with E-state index in [1.54, 1.807) is 54.6 Å². The second-order valence-electron chi connectivity index (χ2n) is 9.01. The third-order valence-electron chi connectivity index (χ3n) is 6.63. The topological polar surface area (TPSA) is 18.5 Å². The molecule has 1 unspecified atom stereocenters. The molecule has 0 bridgehead atoms. The molecule has 0 N–H and O–H groups in total. The molecule has 0 aromatic heterocycles. The summed E-state index contributed by atoms with van der Waals surface area (Å²) in [6, 6.07) is 15.2. The van der Waals surface area contributed by atoms with E-state index in [4.69, 9.17) is 9.47 Å². The van der Waals surface area contributed by atoms with E-state index in [0.717, 1.165) is 31.3 Å². The molecule has 0 aliphatic heterocycles. The number of hydrogen-bond acceptors (Lipinski definition) is 2. The van der Waals surface area contributed by atoms with Gasteiger partial charge in [0.15, 0.2) is 11.6 Å². The predicted octanol–water partition coefficient (Wildman–Crippen LogP) is 8.55. The maximum atomic E-state index is 14.9. The summed E-state index contributed by atoms with van der Waals surface area (Å²) < 4.78 is 55.1. The van der Waals surface area contributed by atoms with Crippen molar-refractivity contribution in [3.8, 4) is 22.6 Å². The summed E-state index contributed by atoms with van der Waals surface area (Å²) in [5.74, 6) is -0.381. The number of ether oxygens (including phenoxy) is 2. The van der Waals surface area contributed by atoms with Crippen LogP contribution in [0.15, 0.2) is 73.3 Å². The van der Waals surface area contributed by atoms with Crippen LogP contribution >= 0.6 is 0 Å². The number of halogens is 3. The van der Waals surface area contributed by atoms with E-state index >= 15 is 0 Å². The van der Waals surface area contributed by atoms with E-state index in [0.29, 0.717) is 53.7 Å². The fourth-order valence-corrected chi connectivity index (χ4v) is 4.66. The quantitative estimate of drug-likeness (QED) is 0.264. The third kappa shape index (κ3) is 6.01. The summed E-state index contributed by atoms with van der Waals surface area (Å²) in [5, 5.41) is 0. The normalized spacial score (nSPS) is 15.3. The molecule has 0 fully saturated rings. The third-order valence-corrected chi connectivity index (χ3v) is 6.63. The highest BCUT2D eigenvalue weighted by Crippen LogP contribution is 2.35. The zero-order chi connectivity index (χ0) is 25.5. The van der Waals surface area contributed by atoms with E-state index in [1.165, 1.54) is 6.07 Å². The molecule has 188 valence electrons. The Hall–Kier alpha value is -3.47. The Balaban J connectivity index is 1.37. The second-order valence-corrected chi connectivity index (χ2v) is 9.01. The number of rotatable bonds is 10. The van der Waals surface area contributed by atoms with E-state index < -0.39 is 11.6 Å². The van der Waals surface area contributed by atoms with Gasteiger partial charge in [-0.05, 0) is 85.9 Å². The average molecular weight is 493 g/mol. The molecule has 1 aliphatic rings. The minimum Gasteiger partial charge on any atom is -0.494 e. The lowest BCUT2D eigenvalue weighted by Crippen LogP contribution is -2.08. The van der Waals surface area contributed by atoms with Crippen molar-refractivity contribution in [2.75, 3.05) is 13.2 Å². The van der Waals surface area contributed by atoms with E-state index in [-0.39, 0.29) is 11.4 Å². The molecule has 5 heteroatoms. The van der Waals surface area contributed by atoms with Crippen molar-refractivity contribution < 1.29 is 22.6 Å². The maximum absolute atomic E-state index is 14.9. The molecular formula is C31H31F3O2. The van der Waals surface area contributed by atoms with Crippen LogP contribution in [0.4, 0.5) is 13.2 Å². The monoisotopic (exact) mass is 492 g/mol. The zero-order valence-electron chi connectivity index (χ0n) is 20.5. The Morgan fingerprint density at radius 3 is 2.33 bits per heavy atom. The largest absolute Gasteiger partial charge is 0.494 e. The van der Waals surface area contributed by atoms with Crippen molar-refractivity contribution in [2.45, 2.75) is 39.0 Å². The van der Waals surface area contributed by atoms with Gasteiger partial charge in [0.1, 0.15) is 23.9 Å². The summed E-state index contributed by atoms with van der Waals surface area (Å²) in [5.41, 5.74) is 2.82. The zero-order valence-corrected chi connectivity index (χ0v) is 20.5. The predicted molar refractivity (Wildman–Crippen MR) is 139 cm³/mol. The summed E-state index contributed by atoms with van der Waals surface area (Å²) in [6.07, 6.45) is 7.33. The number of hydrogen-bond donors (Lipinski definition) is 0. The van der Waals surface area contributed by atoms with Gasteiger partial charge in [-0.1, -0.05) is 43.0 Å². The molecule has 1 aliphatic carbocycles. The molecule has 0 saturated heterocycles. The van der Waals surface area contributed by atoms with Crippen molar-refractivity contribution >= 4 is 5.57 Å². The second kappa shape index (κ2) is 12.0. The standard InChI is InChI=1S/C31H31F3O2/c1-3-19-36-26-16-18-27(29(32)20-26)22-8-5-21(6-9-22)7-10-24-13-17-28(31(34)30(24)33)23-11-14-25(15-12-23)35-4-2/h3,8,11-18,20-21H,1,4-7,9-10,19H2,2H3. The van der Waals surface area contributed by atoms with Gasteiger partial charge in [-0.25, -0.2) is 13.2 Å². The van der Waals surface area contributed by atoms with Gasteiger partial charge >= 0.3 is 0 Å². The van der Waals surface area contributed by atoms with Crippen LogP contribution in [0.25, 0.3) is 16.7 Å². The Morgan fingerprint density at radius 2 is 1.67 bits per heavy atom. The SMILES string of the molecule is C=CCOc1ccc(C2=CCC(CCc3ccc(-c4ccc(OCC)cc4)c(F)c3F)CC2)c(F)c1. The summed E-state index contributed by atoms with van der Waals surface area (Å²) >= 11 is 0. The van der Waals surface area contributed by atoms with Gasteiger partial charge in [0.05, 0.1) is 6.61 Å². The molecule has 0 spiro atoms. The van der Waals surface area contributed by atoms with E-state index in [2.05, 4.69) is 12.7 Å². The summed E-state index contributed by atoms with van der Waals surface area (Å²) in [6.45, 7) is 6.36. The smallest absolute Gasteiger partial charge is 0.166 e. The molecule has 36 heavy (non-hydrogen) atoms. The summed E-state index contributed by atoms with van der Waals surface area (Å²) in [7, 11) is 0. The van der Waals surface area contributed by atoms with Gasteiger partial charge in [0, 0.05) is 17.2 Å². The molecule has 0 amide bonds. The van der Waals surface area contributed by atoms with Gasteiger partial charge in [-0.2, -0.15) is 0 Å². The highest BCUT2D eigenvalue weighted by Gasteiger charge is 2.20. The van der Waals surface area contributed by atoms with Gasteiger partial charge < -0.3 is 9.47 Å². The lowest BCUT2D eigenvalue weighted by Gasteiger charge is -2.23. The van der Waals surface area contributed by atoms with Gasteiger partial charge in [0.25, 0.3) is 0 Å². The highest BCUT2D eigenvalue weighted by atomic mass is 19.2. The number of allylic oxidation sites excluding steroid dienone is 2. The van der Waals surface area contributed by atoms with Crippen molar-refractivity contribution in [1.29, 1.82) is 0 Å². The van der Waals surface area contributed by atoms with Crippen LogP contribution < -0.4 is 9.47 Å². The average Bonchev–Trinajstić information content (AvgIpc) is 2.90. The van der Waals surface area contributed by atoms with E-state index in [9.17, 15) is 13.2 Å². The lowest BCUT2D eigenvalue weighted by molar-refractivity contribution is 0.340. The highest BCUT2D eigenvalue weighted by molar-refractivity contribution is 5.67. The molecule has 3 aromatic carbocycles. The van der Waals surface area contributed by atoms with E-state index in [1.807, 2.05) is 6.92 Å². The summed E-state index contributed by atoms with van der Waals surface area (Å²) in [4.78, 5) is 0. The number of benzene rings is 3. The first-order valence-electron chi connectivity index (χ1n) is 12.4. The number of aryl methyl sites for hydroxylation is 1. The molecule has 0 heterocycles. The van der Waals surface area contributed by atoms with Crippen LogP contribution in [0.1, 0.15) is 43.7 Å². The Bertz CT molecular complexity index is 1230. The molecule has 0 saturated carbocycles. The fourth-order valence-electron chi connectivity index (χ4n) is 4.66. The van der Waals surface area contributed by atoms with Gasteiger partial charge in [0.2, 0.25) is 0 Å². The Kier molecular flexibility index (Phi) is 8.52.